The first-order valence-corrected chi connectivity index (χ1v) is 9.04. The maximum atomic E-state index is 9.35. The van der Waals surface area contributed by atoms with Crippen LogP contribution in [0.25, 0.3) is 0 Å². The molecule has 0 spiro atoms. The van der Waals surface area contributed by atoms with Crippen LogP contribution in [-0.4, -0.2) is 41.4 Å². The zero-order valence-corrected chi connectivity index (χ0v) is 17.0. The van der Waals surface area contributed by atoms with E-state index in [2.05, 4.69) is 52.2 Å². The van der Waals surface area contributed by atoms with Crippen molar-refractivity contribution in [2.45, 2.75) is 6.92 Å². The Morgan fingerprint density at radius 2 is 2.04 bits per heavy atom. The van der Waals surface area contributed by atoms with Gasteiger partial charge < -0.3 is 15.4 Å². The minimum absolute atomic E-state index is 0.102. The molecule has 2 N–H and O–H groups in total. The summed E-state index contributed by atoms with van der Waals surface area (Å²) < 4.78 is 1.94. The van der Waals surface area contributed by atoms with E-state index in [1.807, 2.05) is 51.4 Å². The first kappa shape index (κ1) is 18.9. The number of benzene rings is 1. The topological polar surface area (TPSA) is 60.8 Å². The van der Waals surface area contributed by atoms with Gasteiger partial charge in [-0.05, 0) is 60.4 Å². The second-order valence-corrected chi connectivity index (χ2v) is 7.60. The fraction of sp³-hybridized carbons (Fsp3) is 0.294. The number of hydrogen-bond donors (Lipinski definition) is 2. The highest BCUT2D eigenvalue weighted by molar-refractivity contribution is 9.11. The number of hydrogen-bond acceptors (Lipinski definition) is 5. The Hall–Kier alpha value is -1.44. The van der Waals surface area contributed by atoms with Crippen LogP contribution in [0.2, 0.25) is 0 Å². The number of pyridine rings is 1. The third kappa shape index (κ3) is 5.03. The Labute approximate surface area is 159 Å². The van der Waals surface area contributed by atoms with Crippen molar-refractivity contribution in [3.05, 3.63) is 51.0 Å². The van der Waals surface area contributed by atoms with Gasteiger partial charge in [-0.1, -0.05) is 28.0 Å². The quantitative estimate of drug-likeness (QED) is 0.375. The molecule has 1 heterocycles. The lowest BCUT2D eigenvalue weighted by molar-refractivity contribution is 0.310. The molecular formula is C17H20Br2N4O. The van der Waals surface area contributed by atoms with Crippen LogP contribution in [0, 0.1) is 5.92 Å². The van der Waals surface area contributed by atoms with Gasteiger partial charge in [-0.15, -0.1) is 0 Å². The first-order chi connectivity index (χ1) is 11.4. The van der Waals surface area contributed by atoms with Gasteiger partial charge in [-0.2, -0.15) is 0 Å². The van der Waals surface area contributed by atoms with Crippen LogP contribution >= 0.6 is 31.9 Å². The number of oxime groups is 1. The van der Waals surface area contributed by atoms with Gasteiger partial charge in [0.05, 0.1) is 11.4 Å². The normalized spacial score (nSPS) is 13.2. The SMILES string of the molecule is CC(CN(C)C)/C(=N\O)c1ccc(Nc2cc(Br)ccc2Br)nc1. The summed E-state index contributed by atoms with van der Waals surface area (Å²) in [6, 6.07) is 9.67. The van der Waals surface area contributed by atoms with E-state index >= 15 is 0 Å². The lowest BCUT2D eigenvalue weighted by Gasteiger charge is -2.18. The Kier molecular flexibility index (Phi) is 6.77. The molecule has 24 heavy (non-hydrogen) atoms. The molecule has 0 saturated carbocycles. The van der Waals surface area contributed by atoms with Crippen LogP contribution in [0.15, 0.2) is 50.6 Å². The van der Waals surface area contributed by atoms with E-state index in [9.17, 15) is 5.21 Å². The van der Waals surface area contributed by atoms with Gasteiger partial charge in [0.25, 0.3) is 0 Å². The highest BCUT2D eigenvalue weighted by Crippen LogP contribution is 2.28. The van der Waals surface area contributed by atoms with E-state index in [1.54, 1.807) is 6.20 Å². The van der Waals surface area contributed by atoms with E-state index in [0.29, 0.717) is 5.71 Å². The van der Waals surface area contributed by atoms with Crippen LogP contribution in [-0.2, 0) is 0 Å². The molecule has 5 nitrogen and oxygen atoms in total. The third-order valence-corrected chi connectivity index (χ3v) is 4.65. The second-order valence-electron chi connectivity index (χ2n) is 5.83. The van der Waals surface area contributed by atoms with Gasteiger partial charge in [-0.25, -0.2) is 4.98 Å². The molecule has 0 aliphatic carbocycles. The molecule has 2 aromatic rings. The maximum absolute atomic E-state index is 9.35. The van der Waals surface area contributed by atoms with Crippen LogP contribution in [0.1, 0.15) is 12.5 Å². The van der Waals surface area contributed by atoms with Crippen molar-refractivity contribution in [1.29, 1.82) is 0 Å². The third-order valence-electron chi connectivity index (χ3n) is 3.46. The summed E-state index contributed by atoms with van der Waals surface area (Å²) in [4.78, 5) is 6.48. The summed E-state index contributed by atoms with van der Waals surface area (Å²) in [5.41, 5.74) is 2.36. The molecule has 128 valence electrons. The number of halogens is 2. The van der Waals surface area contributed by atoms with Crippen molar-refractivity contribution < 1.29 is 5.21 Å². The summed E-state index contributed by atoms with van der Waals surface area (Å²) in [6.07, 6.45) is 1.72. The molecule has 1 aromatic heterocycles. The number of nitrogens with one attached hydrogen (secondary N) is 1. The Morgan fingerprint density at radius 1 is 1.29 bits per heavy atom. The molecule has 0 aliphatic rings. The summed E-state index contributed by atoms with van der Waals surface area (Å²) in [7, 11) is 3.99. The molecule has 7 heteroatoms. The van der Waals surface area contributed by atoms with Gasteiger partial charge >= 0.3 is 0 Å². The molecule has 0 fully saturated rings. The Balaban J connectivity index is 2.16. The molecule has 0 aliphatic heterocycles. The second kappa shape index (κ2) is 8.60. The number of rotatable bonds is 6. The zero-order valence-electron chi connectivity index (χ0n) is 13.8. The number of anilines is 2. The van der Waals surface area contributed by atoms with Gasteiger partial charge in [0.2, 0.25) is 0 Å². The van der Waals surface area contributed by atoms with Crippen molar-refractivity contribution in [1.82, 2.24) is 9.88 Å². The van der Waals surface area contributed by atoms with Crippen molar-refractivity contribution in [2.24, 2.45) is 11.1 Å². The van der Waals surface area contributed by atoms with Crippen molar-refractivity contribution in [2.75, 3.05) is 26.0 Å². The summed E-state index contributed by atoms with van der Waals surface area (Å²) in [5, 5.41) is 16.1. The van der Waals surface area contributed by atoms with Crippen molar-refractivity contribution >= 4 is 49.1 Å². The average Bonchev–Trinajstić information content (AvgIpc) is 2.52. The zero-order chi connectivity index (χ0) is 17.7. The van der Waals surface area contributed by atoms with Gasteiger partial charge in [0.15, 0.2) is 0 Å². The fourth-order valence-electron chi connectivity index (χ4n) is 2.43. The first-order valence-electron chi connectivity index (χ1n) is 7.46. The van der Waals surface area contributed by atoms with Gasteiger partial charge in [0.1, 0.15) is 5.82 Å². The van der Waals surface area contributed by atoms with Crippen molar-refractivity contribution in [3.63, 3.8) is 0 Å². The van der Waals surface area contributed by atoms with E-state index in [1.165, 1.54) is 0 Å². The van der Waals surface area contributed by atoms with Crippen LogP contribution in [0.3, 0.4) is 0 Å². The monoisotopic (exact) mass is 454 g/mol. The Morgan fingerprint density at radius 3 is 2.62 bits per heavy atom. The number of aromatic nitrogens is 1. The van der Waals surface area contributed by atoms with Gasteiger partial charge in [-0.3, -0.25) is 0 Å². The van der Waals surface area contributed by atoms with Gasteiger partial charge in [0, 0.05) is 33.2 Å². The summed E-state index contributed by atoms with van der Waals surface area (Å²) in [6.45, 7) is 2.82. The maximum Gasteiger partial charge on any atom is 0.130 e. The predicted molar refractivity (Wildman–Crippen MR) is 105 cm³/mol. The van der Waals surface area contributed by atoms with Crippen LogP contribution < -0.4 is 5.32 Å². The molecule has 1 aromatic carbocycles. The van der Waals surface area contributed by atoms with Crippen molar-refractivity contribution in [3.8, 4) is 0 Å². The number of nitrogens with zero attached hydrogens (tertiary/aromatic N) is 3. The molecule has 0 radical (unpaired) electrons. The van der Waals surface area contributed by atoms with Crippen LogP contribution in [0.5, 0.6) is 0 Å². The van der Waals surface area contributed by atoms with E-state index in [4.69, 9.17) is 0 Å². The van der Waals surface area contributed by atoms with E-state index in [0.717, 1.165) is 32.6 Å². The highest BCUT2D eigenvalue weighted by atomic mass is 79.9. The molecule has 2 rings (SSSR count). The molecule has 0 bridgehead atoms. The minimum Gasteiger partial charge on any atom is -0.411 e. The van der Waals surface area contributed by atoms with E-state index < -0.39 is 0 Å². The molecule has 1 unspecified atom stereocenters. The highest BCUT2D eigenvalue weighted by Gasteiger charge is 2.15. The van der Waals surface area contributed by atoms with Crippen LogP contribution in [0.4, 0.5) is 11.5 Å². The summed E-state index contributed by atoms with van der Waals surface area (Å²) >= 11 is 6.97. The Bertz CT molecular complexity index is 717. The summed E-state index contributed by atoms with van der Waals surface area (Å²) in [5.74, 6) is 0.819. The average molecular weight is 456 g/mol. The van der Waals surface area contributed by atoms with E-state index in [-0.39, 0.29) is 5.92 Å². The smallest absolute Gasteiger partial charge is 0.130 e. The lowest BCUT2D eigenvalue weighted by Crippen LogP contribution is -2.26. The molecule has 0 amide bonds. The lowest BCUT2D eigenvalue weighted by atomic mass is 9.99. The molecular weight excluding hydrogens is 436 g/mol. The largest absolute Gasteiger partial charge is 0.411 e. The standard InChI is InChI=1S/C17H20Br2N4O/c1-11(10-23(2)3)17(22-24)12-4-7-16(20-9-12)21-15-8-13(18)5-6-14(15)19/h4-9,11,24H,10H2,1-3H3,(H,20,21)/b22-17+. The molecule has 1 atom stereocenters. The fourth-order valence-corrected chi connectivity index (χ4v) is 3.13. The predicted octanol–water partition coefficient (Wildman–Crippen LogP) is 4.73. The molecule has 0 saturated heterocycles. The minimum atomic E-state index is 0.102.